The lowest BCUT2D eigenvalue weighted by Crippen LogP contribution is -2.56. The fourth-order valence-corrected chi connectivity index (χ4v) is 4.73. The van der Waals surface area contributed by atoms with Gasteiger partial charge in [-0.3, -0.25) is 4.90 Å². The van der Waals surface area contributed by atoms with Gasteiger partial charge in [0.15, 0.2) is 8.32 Å². The zero-order valence-electron chi connectivity index (χ0n) is 18.9. The number of hydrogen-bond acceptors (Lipinski definition) is 5. The van der Waals surface area contributed by atoms with Crippen molar-refractivity contribution in [3.63, 3.8) is 0 Å². The molecule has 0 spiro atoms. The minimum atomic E-state index is -1.70. The second kappa shape index (κ2) is 11.0. The Morgan fingerprint density at radius 1 is 1.10 bits per heavy atom. The van der Waals surface area contributed by atoms with Crippen molar-refractivity contribution in [1.29, 1.82) is 0 Å². The largest absolute Gasteiger partial charge is 0.417 e. The number of nitrogens with zero attached hydrogens (tertiary/aromatic N) is 1. The van der Waals surface area contributed by atoms with Gasteiger partial charge in [0.25, 0.3) is 0 Å². The van der Waals surface area contributed by atoms with Gasteiger partial charge in [-0.2, -0.15) is 0 Å². The van der Waals surface area contributed by atoms with E-state index in [1.165, 1.54) is 5.56 Å². The molecule has 166 valence electrons. The molecule has 1 aliphatic heterocycles. The summed E-state index contributed by atoms with van der Waals surface area (Å²) in [7, 11) is -1.70. The first-order valence-corrected chi connectivity index (χ1v) is 13.9. The topological polar surface area (TPSA) is 62.2 Å². The molecule has 1 fully saturated rings. The molecule has 0 unspecified atom stereocenters. The third kappa shape index (κ3) is 7.16. The molecule has 0 radical (unpaired) electrons. The fraction of sp³-hybridized carbons (Fsp3) is 0.739. The van der Waals surface area contributed by atoms with E-state index in [9.17, 15) is 10.2 Å². The smallest absolute Gasteiger partial charge is 0.191 e. The summed E-state index contributed by atoms with van der Waals surface area (Å²) in [6.07, 6.45) is 2.51. The lowest BCUT2D eigenvalue weighted by Gasteiger charge is -2.44. The molecule has 1 aliphatic rings. The molecule has 1 saturated heterocycles. The maximum atomic E-state index is 9.91. The Morgan fingerprint density at radius 2 is 1.79 bits per heavy atom. The predicted molar refractivity (Wildman–Crippen MR) is 120 cm³/mol. The van der Waals surface area contributed by atoms with Gasteiger partial charge < -0.3 is 19.4 Å². The number of rotatable bonds is 10. The highest BCUT2D eigenvalue weighted by Gasteiger charge is 2.37. The van der Waals surface area contributed by atoms with E-state index in [4.69, 9.17) is 9.16 Å². The number of aliphatic hydroxyl groups is 2. The minimum Gasteiger partial charge on any atom is -0.417 e. The van der Waals surface area contributed by atoms with Gasteiger partial charge in [-0.15, -0.1) is 0 Å². The highest BCUT2D eigenvalue weighted by molar-refractivity contribution is 6.74. The molecule has 0 saturated carbocycles. The molecule has 2 N–H and O–H groups in total. The van der Waals surface area contributed by atoms with Crippen LogP contribution in [-0.2, 0) is 15.7 Å². The van der Waals surface area contributed by atoms with Crippen molar-refractivity contribution in [1.82, 2.24) is 4.90 Å². The maximum absolute atomic E-state index is 9.91. The predicted octanol–water partition coefficient (Wildman–Crippen LogP) is 3.80. The summed E-state index contributed by atoms with van der Waals surface area (Å²) in [6.45, 7) is 13.6. The normalized spacial score (nSPS) is 24.0. The van der Waals surface area contributed by atoms with Gasteiger partial charge >= 0.3 is 0 Å². The van der Waals surface area contributed by atoms with E-state index in [1.807, 2.05) is 6.07 Å². The summed E-state index contributed by atoms with van der Waals surface area (Å²) >= 11 is 0. The van der Waals surface area contributed by atoms with Crippen LogP contribution in [0.3, 0.4) is 0 Å². The van der Waals surface area contributed by atoms with Gasteiger partial charge in [0.05, 0.1) is 25.4 Å². The van der Waals surface area contributed by atoms with Crippen molar-refractivity contribution >= 4 is 8.32 Å². The first-order valence-electron chi connectivity index (χ1n) is 11.0. The van der Waals surface area contributed by atoms with E-state index in [0.29, 0.717) is 6.54 Å². The molecule has 1 aromatic rings. The Bertz CT molecular complexity index is 590. The highest BCUT2D eigenvalue weighted by atomic mass is 28.4. The van der Waals surface area contributed by atoms with Crippen molar-refractivity contribution in [2.45, 2.75) is 83.0 Å². The molecule has 0 bridgehead atoms. The number of hydrogen-bond donors (Lipinski definition) is 2. The van der Waals surface area contributed by atoms with Gasteiger partial charge in [-0.05, 0) is 43.0 Å². The van der Waals surface area contributed by atoms with Crippen LogP contribution >= 0.6 is 0 Å². The van der Waals surface area contributed by atoms with Crippen LogP contribution in [-0.4, -0.2) is 68.0 Å². The molecule has 0 aliphatic carbocycles. The molecule has 3 atom stereocenters. The van der Waals surface area contributed by atoms with E-state index in [0.717, 1.165) is 32.4 Å². The molecule has 0 amide bonds. The molecule has 29 heavy (non-hydrogen) atoms. The van der Waals surface area contributed by atoms with E-state index in [1.54, 1.807) is 0 Å². The highest BCUT2D eigenvalue weighted by Crippen LogP contribution is 2.36. The standard InChI is InChI=1S/C23H41NO4Si/c1-23(2,3)29(4,5)27-14-10-9-13-21-22(18-26)28-20(17-25)16-24(21)15-19-11-7-6-8-12-19/h6-8,11-12,20-22,25-26H,9-10,13-18H2,1-5H3/t20-,21+,22-/m1/s1. The van der Waals surface area contributed by atoms with Gasteiger partial charge in [-0.1, -0.05) is 51.1 Å². The van der Waals surface area contributed by atoms with Crippen molar-refractivity contribution in [2.75, 3.05) is 26.4 Å². The molecule has 6 heteroatoms. The van der Waals surface area contributed by atoms with Gasteiger partial charge in [0.2, 0.25) is 0 Å². The van der Waals surface area contributed by atoms with E-state index >= 15 is 0 Å². The Labute approximate surface area is 178 Å². The second-order valence-corrected chi connectivity index (χ2v) is 14.6. The number of unbranched alkanes of at least 4 members (excludes halogenated alkanes) is 1. The zero-order valence-corrected chi connectivity index (χ0v) is 19.9. The van der Waals surface area contributed by atoms with Crippen molar-refractivity contribution < 1.29 is 19.4 Å². The van der Waals surface area contributed by atoms with Crippen LogP contribution in [0.5, 0.6) is 0 Å². The Balaban J connectivity index is 1.93. The number of morpholine rings is 1. The molecular formula is C23H41NO4Si. The second-order valence-electron chi connectivity index (χ2n) is 9.75. The van der Waals surface area contributed by atoms with Gasteiger partial charge in [-0.25, -0.2) is 0 Å². The van der Waals surface area contributed by atoms with Gasteiger partial charge in [0.1, 0.15) is 0 Å². The number of benzene rings is 1. The van der Waals surface area contributed by atoms with Crippen molar-refractivity contribution in [3.8, 4) is 0 Å². The summed E-state index contributed by atoms with van der Waals surface area (Å²) in [6, 6.07) is 10.5. The first-order chi connectivity index (χ1) is 13.7. The van der Waals surface area contributed by atoms with E-state index in [2.05, 4.69) is 63.0 Å². The summed E-state index contributed by atoms with van der Waals surface area (Å²) in [5.41, 5.74) is 1.24. The Hall–Kier alpha value is -0.763. The first kappa shape index (κ1) is 24.5. The van der Waals surface area contributed by atoms with Crippen LogP contribution in [0.2, 0.25) is 18.1 Å². The van der Waals surface area contributed by atoms with Crippen LogP contribution in [0.1, 0.15) is 45.6 Å². The van der Waals surface area contributed by atoms with Gasteiger partial charge in [0, 0.05) is 25.7 Å². The van der Waals surface area contributed by atoms with Crippen LogP contribution in [0, 0.1) is 0 Å². The molecular weight excluding hydrogens is 382 g/mol. The quantitative estimate of drug-likeness (QED) is 0.443. The van der Waals surface area contributed by atoms with E-state index in [-0.39, 0.29) is 36.5 Å². The number of ether oxygens (including phenoxy) is 1. The van der Waals surface area contributed by atoms with Crippen LogP contribution in [0.25, 0.3) is 0 Å². The van der Waals surface area contributed by atoms with Crippen molar-refractivity contribution in [3.05, 3.63) is 35.9 Å². The average Bonchev–Trinajstić information content (AvgIpc) is 2.68. The SMILES string of the molecule is CC(C)(C)[Si](C)(C)OCCCC[C@H]1[C@@H](CO)O[C@@H](CO)CN1Cc1ccccc1. The molecule has 1 heterocycles. The molecule has 1 aromatic carbocycles. The van der Waals surface area contributed by atoms with Crippen LogP contribution in [0.4, 0.5) is 0 Å². The Morgan fingerprint density at radius 3 is 2.38 bits per heavy atom. The zero-order chi connectivity index (χ0) is 21.5. The third-order valence-electron chi connectivity index (χ3n) is 6.48. The van der Waals surface area contributed by atoms with Crippen LogP contribution < -0.4 is 0 Å². The minimum absolute atomic E-state index is 0.0190. The summed E-state index contributed by atoms with van der Waals surface area (Å²) in [5, 5.41) is 19.8. The summed E-state index contributed by atoms with van der Waals surface area (Å²) in [5.74, 6) is 0. The monoisotopic (exact) mass is 423 g/mol. The average molecular weight is 424 g/mol. The fourth-order valence-electron chi connectivity index (χ4n) is 3.65. The Kier molecular flexibility index (Phi) is 9.32. The summed E-state index contributed by atoms with van der Waals surface area (Å²) in [4.78, 5) is 2.37. The number of aliphatic hydroxyl groups excluding tert-OH is 2. The van der Waals surface area contributed by atoms with E-state index < -0.39 is 8.32 Å². The lowest BCUT2D eigenvalue weighted by molar-refractivity contribution is -0.151. The maximum Gasteiger partial charge on any atom is 0.191 e. The van der Waals surface area contributed by atoms with Crippen LogP contribution in [0.15, 0.2) is 30.3 Å². The van der Waals surface area contributed by atoms with Crippen molar-refractivity contribution in [2.24, 2.45) is 0 Å². The molecule has 2 rings (SSSR count). The molecule has 0 aromatic heterocycles. The molecule has 5 nitrogen and oxygen atoms in total. The lowest BCUT2D eigenvalue weighted by atomic mass is 9.98. The third-order valence-corrected chi connectivity index (χ3v) is 11.0. The summed E-state index contributed by atoms with van der Waals surface area (Å²) < 4.78 is 12.3.